The van der Waals surface area contributed by atoms with Crippen LogP contribution in [0.4, 0.5) is 0 Å². The summed E-state index contributed by atoms with van der Waals surface area (Å²) >= 11 is 0. The second-order valence-corrected chi connectivity index (χ2v) is 4.55. The molecule has 0 fully saturated rings. The average Bonchev–Trinajstić information content (AvgIpc) is 2.90. The maximum absolute atomic E-state index is 10.9. The van der Waals surface area contributed by atoms with Crippen molar-refractivity contribution in [1.29, 1.82) is 0 Å². The van der Waals surface area contributed by atoms with E-state index in [1.54, 1.807) is 19.5 Å². The first-order chi connectivity index (χ1) is 9.81. The summed E-state index contributed by atoms with van der Waals surface area (Å²) in [5, 5.41) is 0. The van der Waals surface area contributed by atoms with E-state index in [9.17, 15) is 4.79 Å². The molecule has 0 atom stereocenters. The van der Waals surface area contributed by atoms with Gasteiger partial charge >= 0.3 is 0 Å². The number of carbonyl (C=O) groups is 1. The number of fused-ring (bicyclic) bond motifs is 1. The summed E-state index contributed by atoms with van der Waals surface area (Å²) < 4.78 is 7.40. The lowest BCUT2D eigenvalue weighted by Gasteiger charge is -2.10. The zero-order valence-corrected chi connectivity index (χ0v) is 11.1. The minimum atomic E-state index is 0.616. The van der Waals surface area contributed by atoms with Crippen molar-refractivity contribution in [2.75, 3.05) is 7.11 Å². The number of nitrogens with zero attached hydrogens (tertiary/aromatic N) is 2. The van der Waals surface area contributed by atoms with Gasteiger partial charge in [-0.15, -0.1) is 0 Å². The first-order valence-electron chi connectivity index (χ1n) is 6.34. The number of methoxy groups -OCH3 is 1. The summed E-state index contributed by atoms with van der Waals surface area (Å²) in [7, 11) is 1.63. The molecule has 0 aliphatic heterocycles. The third kappa shape index (κ3) is 2.16. The zero-order chi connectivity index (χ0) is 13.9. The molecular weight excluding hydrogens is 252 g/mol. The Balaban J connectivity index is 2.04. The van der Waals surface area contributed by atoms with Crippen molar-refractivity contribution in [1.82, 2.24) is 9.55 Å². The Kier molecular flexibility index (Phi) is 3.21. The van der Waals surface area contributed by atoms with Gasteiger partial charge in [0.15, 0.2) is 0 Å². The van der Waals surface area contributed by atoms with Crippen molar-refractivity contribution < 1.29 is 9.53 Å². The smallest absolute Gasteiger partial charge is 0.150 e. The van der Waals surface area contributed by atoms with Crippen LogP contribution in [0.15, 0.2) is 48.8 Å². The van der Waals surface area contributed by atoms with Gasteiger partial charge in [-0.1, -0.05) is 12.1 Å². The highest BCUT2D eigenvalue weighted by Crippen LogP contribution is 2.22. The first-order valence-corrected chi connectivity index (χ1v) is 6.34. The Labute approximate surface area is 116 Å². The molecule has 100 valence electrons. The summed E-state index contributed by atoms with van der Waals surface area (Å²) in [5.74, 6) is 0.772. The van der Waals surface area contributed by atoms with Gasteiger partial charge in [-0.3, -0.25) is 4.79 Å². The zero-order valence-electron chi connectivity index (χ0n) is 11.1. The Morgan fingerprint density at radius 2 is 2.10 bits per heavy atom. The quantitative estimate of drug-likeness (QED) is 0.682. The predicted octanol–water partition coefficient (Wildman–Crippen LogP) is 2.91. The molecule has 0 radical (unpaired) electrons. The second-order valence-electron chi connectivity index (χ2n) is 4.55. The largest absolute Gasteiger partial charge is 0.496 e. The summed E-state index contributed by atoms with van der Waals surface area (Å²) in [5.41, 5.74) is 3.62. The number of ether oxygens (including phenoxy) is 1. The molecule has 0 aliphatic rings. The highest BCUT2D eigenvalue weighted by Gasteiger charge is 2.08. The van der Waals surface area contributed by atoms with Gasteiger partial charge in [-0.25, -0.2) is 4.98 Å². The van der Waals surface area contributed by atoms with Crippen LogP contribution in [0.5, 0.6) is 5.75 Å². The second kappa shape index (κ2) is 5.17. The molecule has 0 bridgehead atoms. The van der Waals surface area contributed by atoms with Gasteiger partial charge in [0, 0.05) is 11.1 Å². The standard InChI is InChI=1S/C16H14N2O2/c1-20-16-7-6-12(10-19)8-13(16)9-18-11-17-14-4-2-3-5-15(14)18/h2-8,10-11H,9H2,1H3. The monoisotopic (exact) mass is 266 g/mol. The number of hydrogen-bond donors (Lipinski definition) is 0. The van der Waals surface area contributed by atoms with Gasteiger partial charge in [-0.05, 0) is 30.3 Å². The van der Waals surface area contributed by atoms with Crippen LogP contribution in [-0.2, 0) is 6.54 Å². The van der Waals surface area contributed by atoms with Crippen LogP contribution in [-0.4, -0.2) is 22.9 Å². The minimum Gasteiger partial charge on any atom is -0.496 e. The average molecular weight is 266 g/mol. The van der Waals surface area contributed by atoms with Crippen molar-refractivity contribution in [3.05, 3.63) is 59.9 Å². The van der Waals surface area contributed by atoms with E-state index in [4.69, 9.17) is 4.74 Å². The summed E-state index contributed by atoms with van der Waals surface area (Å²) in [6.45, 7) is 0.616. The van der Waals surface area contributed by atoms with E-state index in [2.05, 4.69) is 4.98 Å². The van der Waals surface area contributed by atoms with E-state index >= 15 is 0 Å². The lowest BCUT2D eigenvalue weighted by atomic mass is 10.1. The fraction of sp³-hybridized carbons (Fsp3) is 0.125. The fourth-order valence-electron chi connectivity index (χ4n) is 2.32. The van der Waals surface area contributed by atoms with Gasteiger partial charge in [0.2, 0.25) is 0 Å². The molecule has 0 N–H and O–H groups in total. The maximum Gasteiger partial charge on any atom is 0.150 e. The van der Waals surface area contributed by atoms with Crippen molar-refractivity contribution in [2.45, 2.75) is 6.54 Å². The van der Waals surface area contributed by atoms with Crippen LogP contribution in [0.2, 0.25) is 0 Å². The highest BCUT2D eigenvalue weighted by atomic mass is 16.5. The van der Waals surface area contributed by atoms with E-state index < -0.39 is 0 Å². The van der Waals surface area contributed by atoms with Gasteiger partial charge < -0.3 is 9.30 Å². The summed E-state index contributed by atoms with van der Waals surface area (Å²) in [6.07, 6.45) is 2.65. The molecule has 0 amide bonds. The molecule has 0 saturated heterocycles. The molecule has 0 spiro atoms. The Morgan fingerprint density at radius 3 is 2.90 bits per heavy atom. The molecule has 2 aromatic carbocycles. The molecule has 4 nitrogen and oxygen atoms in total. The van der Waals surface area contributed by atoms with E-state index in [0.717, 1.165) is 28.6 Å². The lowest BCUT2D eigenvalue weighted by molar-refractivity contribution is 0.112. The van der Waals surface area contributed by atoms with Crippen LogP contribution in [0.1, 0.15) is 15.9 Å². The Hall–Kier alpha value is -2.62. The van der Waals surface area contributed by atoms with Gasteiger partial charge in [0.1, 0.15) is 12.0 Å². The maximum atomic E-state index is 10.9. The van der Waals surface area contributed by atoms with Gasteiger partial charge in [0.05, 0.1) is 31.0 Å². The number of benzene rings is 2. The van der Waals surface area contributed by atoms with Gasteiger partial charge in [0.25, 0.3) is 0 Å². The van der Waals surface area contributed by atoms with E-state index in [-0.39, 0.29) is 0 Å². The van der Waals surface area contributed by atoms with E-state index in [0.29, 0.717) is 12.1 Å². The van der Waals surface area contributed by atoms with Crippen LogP contribution in [0.3, 0.4) is 0 Å². The number of aromatic nitrogens is 2. The van der Waals surface area contributed by atoms with Crippen LogP contribution < -0.4 is 4.74 Å². The molecular formula is C16H14N2O2. The molecule has 0 unspecified atom stereocenters. The number of carbonyl (C=O) groups excluding carboxylic acids is 1. The fourth-order valence-corrected chi connectivity index (χ4v) is 2.32. The van der Waals surface area contributed by atoms with E-state index in [1.165, 1.54) is 0 Å². The normalized spacial score (nSPS) is 10.7. The van der Waals surface area contributed by atoms with Crippen LogP contribution >= 0.6 is 0 Å². The molecule has 1 heterocycles. The first kappa shape index (κ1) is 12.4. The van der Waals surface area contributed by atoms with Crippen molar-refractivity contribution in [3.63, 3.8) is 0 Å². The van der Waals surface area contributed by atoms with Crippen LogP contribution in [0, 0.1) is 0 Å². The number of aldehydes is 1. The number of para-hydroxylation sites is 2. The Morgan fingerprint density at radius 1 is 1.25 bits per heavy atom. The molecule has 20 heavy (non-hydrogen) atoms. The summed E-state index contributed by atoms with van der Waals surface area (Å²) in [6, 6.07) is 13.4. The third-order valence-corrected chi connectivity index (χ3v) is 3.31. The number of imidazole rings is 1. The molecule has 3 rings (SSSR count). The molecule has 0 aliphatic carbocycles. The van der Waals surface area contributed by atoms with Crippen molar-refractivity contribution in [2.24, 2.45) is 0 Å². The molecule has 3 aromatic rings. The topological polar surface area (TPSA) is 44.1 Å². The lowest BCUT2D eigenvalue weighted by Crippen LogP contribution is -2.01. The number of rotatable bonds is 4. The van der Waals surface area contributed by atoms with E-state index in [1.807, 2.05) is 41.0 Å². The van der Waals surface area contributed by atoms with Gasteiger partial charge in [-0.2, -0.15) is 0 Å². The number of hydrogen-bond acceptors (Lipinski definition) is 3. The van der Waals surface area contributed by atoms with Crippen LogP contribution in [0.25, 0.3) is 11.0 Å². The third-order valence-electron chi connectivity index (χ3n) is 3.31. The predicted molar refractivity (Wildman–Crippen MR) is 77.2 cm³/mol. The van der Waals surface area contributed by atoms with Crippen molar-refractivity contribution in [3.8, 4) is 5.75 Å². The minimum absolute atomic E-state index is 0.616. The molecule has 4 heteroatoms. The molecule has 0 saturated carbocycles. The SMILES string of the molecule is COc1ccc(C=O)cc1Cn1cnc2ccccc21. The van der Waals surface area contributed by atoms with Crippen molar-refractivity contribution >= 4 is 17.3 Å². The highest BCUT2D eigenvalue weighted by molar-refractivity contribution is 5.76. The summed E-state index contributed by atoms with van der Waals surface area (Å²) in [4.78, 5) is 15.3. The molecule has 1 aromatic heterocycles. The Bertz CT molecular complexity index is 762.